The summed E-state index contributed by atoms with van der Waals surface area (Å²) in [6, 6.07) is 10.2. The van der Waals surface area contributed by atoms with Crippen LogP contribution in [-0.4, -0.2) is 0 Å². The van der Waals surface area contributed by atoms with Crippen molar-refractivity contribution in [1.82, 2.24) is 0 Å². The molecule has 0 aliphatic heterocycles. The second-order valence-electron chi connectivity index (χ2n) is 4.03. The molecule has 90 valence electrons. The lowest BCUT2D eigenvalue weighted by Crippen LogP contribution is -1.91. The van der Waals surface area contributed by atoms with Crippen LogP contribution in [0.3, 0.4) is 0 Å². The molecule has 0 amide bonds. The predicted molar refractivity (Wildman–Crippen MR) is 77.6 cm³/mol. The molecule has 3 heteroatoms. The predicted octanol–water partition coefficient (Wildman–Crippen LogP) is 5.60. The van der Waals surface area contributed by atoms with E-state index in [0.717, 1.165) is 22.6 Å². The molecular weight excluding hydrogens is 271 g/mol. The van der Waals surface area contributed by atoms with E-state index in [1.807, 2.05) is 19.1 Å². The van der Waals surface area contributed by atoms with Crippen molar-refractivity contribution in [3.63, 3.8) is 0 Å². The first-order valence-corrected chi connectivity index (χ1v) is 7.23. The van der Waals surface area contributed by atoms with Gasteiger partial charge in [0, 0.05) is 14.8 Å². The van der Waals surface area contributed by atoms with Crippen molar-refractivity contribution in [2.24, 2.45) is 0 Å². The monoisotopic (exact) mass is 284 g/mol. The van der Waals surface area contributed by atoms with Crippen molar-refractivity contribution >= 4 is 34.5 Å². The summed E-state index contributed by atoms with van der Waals surface area (Å²) in [6.45, 7) is 4.16. The zero-order chi connectivity index (χ0) is 12.4. The van der Waals surface area contributed by atoms with E-state index in [0.29, 0.717) is 0 Å². The van der Waals surface area contributed by atoms with Gasteiger partial charge in [-0.15, -0.1) is 22.9 Å². The molecule has 0 bridgehead atoms. The molecule has 0 spiro atoms. The smallest absolute Gasteiger partial charge is 0.0927 e. The molecule has 0 N–H and O–H groups in total. The van der Waals surface area contributed by atoms with E-state index in [-0.39, 0.29) is 5.38 Å². The number of hydrogen-bond acceptors (Lipinski definition) is 1. The molecule has 1 unspecified atom stereocenters. The average Bonchev–Trinajstić information content (AvgIpc) is 2.80. The van der Waals surface area contributed by atoms with Crippen molar-refractivity contribution in [1.29, 1.82) is 0 Å². The van der Waals surface area contributed by atoms with Gasteiger partial charge < -0.3 is 0 Å². The van der Waals surface area contributed by atoms with Crippen LogP contribution >= 0.6 is 34.5 Å². The van der Waals surface area contributed by atoms with Gasteiger partial charge in [-0.05, 0) is 42.7 Å². The summed E-state index contributed by atoms with van der Waals surface area (Å²) in [7, 11) is 0. The molecule has 0 saturated heterocycles. The normalized spacial score (nSPS) is 12.7. The Morgan fingerprint density at radius 1 is 1.24 bits per heavy atom. The quantitative estimate of drug-likeness (QED) is 0.644. The van der Waals surface area contributed by atoms with Crippen LogP contribution in [0.2, 0.25) is 5.02 Å². The first-order valence-electron chi connectivity index (χ1n) is 5.60. The highest BCUT2D eigenvalue weighted by Gasteiger charge is 2.13. The zero-order valence-corrected chi connectivity index (χ0v) is 12.2. The SMILES string of the molecule is CCc1ccc(C(Cl)c2ccc(Cl)c(C)c2)s1. The summed E-state index contributed by atoms with van der Waals surface area (Å²) in [6.07, 6.45) is 1.06. The van der Waals surface area contributed by atoms with Gasteiger partial charge in [0.05, 0.1) is 5.38 Å². The largest absolute Gasteiger partial charge is 0.143 e. The van der Waals surface area contributed by atoms with E-state index in [9.17, 15) is 0 Å². The first kappa shape index (κ1) is 12.9. The molecule has 0 aliphatic carbocycles. The molecule has 1 aromatic heterocycles. The molecule has 0 fully saturated rings. The van der Waals surface area contributed by atoms with Crippen molar-refractivity contribution in [3.8, 4) is 0 Å². The van der Waals surface area contributed by atoms with Crippen LogP contribution in [0.25, 0.3) is 0 Å². The number of hydrogen-bond donors (Lipinski definition) is 0. The Kier molecular flexibility index (Phi) is 4.13. The molecule has 2 rings (SSSR count). The molecule has 0 saturated carbocycles. The standard InChI is InChI=1S/C14H14Cl2S/c1-3-11-5-7-13(17-11)14(16)10-4-6-12(15)9(2)8-10/h4-8,14H,3H2,1-2H3. The third kappa shape index (κ3) is 2.85. The Balaban J connectivity index is 2.29. The van der Waals surface area contributed by atoms with Crippen LogP contribution in [0.5, 0.6) is 0 Å². The molecule has 0 aliphatic rings. The fourth-order valence-electron chi connectivity index (χ4n) is 1.71. The van der Waals surface area contributed by atoms with Gasteiger partial charge in [0.1, 0.15) is 0 Å². The molecular formula is C14H14Cl2S. The topological polar surface area (TPSA) is 0 Å². The van der Waals surface area contributed by atoms with E-state index in [1.54, 1.807) is 11.3 Å². The van der Waals surface area contributed by atoms with Gasteiger partial charge in [0.15, 0.2) is 0 Å². The van der Waals surface area contributed by atoms with Crippen molar-refractivity contribution in [2.75, 3.05) is 0 Å². The minimum absolute atomic E-state index is 0.0729. The van der Waals surface area contributed by atoms with Gasteiger partial charge in [0.25, 0.3) is 0 Å². The maximum Gasteiger partial charge on any atom is 0.0927 e. The maximum atomic E-state index is 6.49. The summed E-state index contributed by atoms with van der Waals surface area (Å²) in [4.78, 5) is 2.57. The summed E-state index contributed by atoms with van der Waals surface area (Å²) in [5.41, 5.74) is 2.18. The van der Waals surface area contributed by atoms with E-state index < -0.39 is 0 Å². The minimum Gasteiger partial charge on any atom is -0.143 e. The molecule has 17 heavy (non-hydrogen) atoms. The van der Waals surface area contributed by atoms with Gasteiger partial charge in [-0.25, -0.2) is 0 Å². The van der Waals surface area contributed by atoms with Gasteiger partial charge in [0.2, 0.25) is 0 Å². The second-order valence-corrected chi connectivity index (χ2v) is 6.07. The Morgan fingerprint density at radius 3 is 2.59 bits per heavy atom. The van der Waals surface area contributed by atoms with Crippen LogP contribution in [0.4, 0.5) is 0 Å². The van der Waals surface area contributed by atoms with Gasteiger partial charge >= 0.3 is 0 Å². The first-order chi connectivity index (χ1) is 8.11. The highest BCUT2D eigenvalue weighted by Crippen LogP contribution is 2.35. The van der Waals surface area contributed by atoms with Gasteiger partial charge in [-0.3, -0.25) is 0 Å². The molecule has 0 radical (unpaired) electrons. The fraction of sp³-hybridized carbons (Fsp3) is 0.286. The fourth-order valence-corrected chi connectivity index (χ4v) is 3.13. The molecule has 1 atom stereocenters. The number of alkyl halides is 1. The van der Waals surface area contributed by atoms with E-state index in [1.165, 1.54) is 9.75 Å². The van der Waals surface area contributed by atoms with Crippen LogP contribution in [0.1, 0.15) is 33.2 Å². The number of aryl methyl sites for hydroxylation is 2. The molecule has 1 heterocycles. The highest BCUT2D eigenvalue weighted by molar-refractivity contribution is 7.12. The Hall–Kier alpha value is -0.500. The number of thiophene rings is 1. The maximum absolute atomic E-state index is 6.49. The number of halogens is 2. The van der Waals surface area contributed by atoms with Crippen LogP contribution in [0, 0.1) is 6.92 Å². The lowest BCUT2D eigenvalue weighted by Gasteiger charge is -2.09. The van der Waals surface area contributed by atoms with Gasteiger partial charge in [-0.2, -0.15) is 0 Å². The zero-order valence-electron chi connectivity index (χ0n) is 9.84. The lowest BCUT2D eigenvalue weighted by atomic mass is 10.1. The van der Waals surface area contributed by atoms with Crippen molar-refractivity contribution < 1.29 is 0 Å². The van der Waals surface area contributed by atoms with E-state index >= 15 is 0 Å². The summed E-state index contributed by atoms with van der Waals surface area (Å²) < 4.78 is 0. The highest BCUT2D eigenvalue weighted by atomic mass is 35.5. The Labute approximate surface area is 116 Å². The summed E-state index contributed by atoms with van der Waals surface area (Å²) in [5.74, 6) is 0. The summed E-state index contributed by atoms with van der Waals surface area (Å²) >= 11 is 14.3. The van der Waals surface area contributed by atoms with Crippen LogP contribution in [-0.2, 0) is 6.42 Å². The average molecular weight is 285 g/mol. The summed E-state index contributed by atoms with van der Waals surface area (Å²) in [5, 5.41) is 0.717. The van der Waals surface area contributed by atoms with Crippen LogP contribution in [0.15, 0.2) is 30.3 Å². The number of rotatable bonds is 3. The van der Waals surface area contributed by atoms with Crippen LogP contribution < -0.4 is 0 Å². The third-order valence-electron chi connectivity index (χ3n) is 2.76. The molecule has 1 aromatic carbocycles. The van der Waals surface area contributed by atoms with Crippen molar-refractivity contribution in [2.45, 2.75) is 25.6 Å². The Morgan fingerprint density at radius 2 is 2.00 bits per heavy atom. The number of benzene rings is 1. The molecule has 0 nitrogen and oxygen atoms in total. The molecule has 2 aromatic rings. The third-order valence-corrected chi connectivity index (χ3v) is 5.09. The van der Waals surface area contributed by atoms with E-state index in [4.69, 9.17) is 23.2 Å². The van der Waals surface area contributed by atoms with Gasteiger partial charge in [-0.1, -0.05) is 30.7 Å². The minimum atomic E-state index is -0.0729. The Bertz CT molecular complexity index is 517. The van der Waals surface area contributed by atoms with Crippen molar-refractivity contribution in [3.05, 3.63) is 56.2 Å². The van der Waals surface area contributed by atoms with E-state index in [2.05, 4.69) is 25.1 Å². The second kappa shape index (κ2) is 5.43. The lowest BCUT2D eigenvalue weighted by molar-refractivity contribution is 1.17.